The number of esters is 1. The molecule has 0 bridgehead atoms. The normalized spacial score (nSPS) is 14.9. The van der Waals surface area contributed by atoms with Gasteiger partial charge in [0.25, 0.3) is 0 Å². The lowest BCUT2D eigenvalue weighted by Gasteiger charge is -2.32. The summed E-state index contributed by atoms with van der Waals surface area (Å²) in [5.74, 6) is 0.687. The second-order valence-electron chi connectivity index (χ2n) is 9.05. The Kier molecular flexibility index (Phi) is 6.86. The van der Waals surface area contributed by atoms with Crippen LogP contribution in [0.2, 0.25) is 0 Å². The summed E-state index contributed by atoms with van der Waals surface area (Å²) in [6, 6.07) is 9.92. The van der Waals surface area contributed by atoms with Gasteiger partial charge in [0.05, 0.1) is 26.2 Å². The van der Waals surface area contributed by atoms with Crippen LogP contribution < -0.4 is 4.74 Å². The van der Waals surface area contributed by atoms with Crippen LogP contribution in [0.4, 0.5) is 0 Å². The van der Waals surface area contributed by atoms with E-state index >= 15 is 0 Å². The molecule has 182 valence electrons. The minimum absolute atomic E-state index is 0.340. The third-order valence-corrected chi connectivity index (χ3v) is 6.86. The van der Waals surface area contributed by atoms with Crippen molar-refractivity contribution in [3.05, 3.63) is 83.1 Å². The van der Waals surface area contributed by atoms with Gasteiger partial charge in [0.2, 0.25) is 0 Å². The third-order valence-electron chi connectivity index (χ3n) is 6.86. The number of ether oxygens (including phenoxy) is 2. The quantitative estimate of drug-likeness (QED) is 0.349. The molecular formula is C28H31N3O4. The van der Waals surface area contributed by atoms with E-state index in [1.54, 1.807) is 13.4 Å². The third kappa shape index (κ3) is 4.95. The molecule has 1 saturated heterocycles. The number of carbonyl (C=O) groups excluding carboxylic acids is 1. The van der Waals surface area contributed by atoms with Crippen LogP contribution >= 0.6 is 0 Å². The average molecular weight is 474 g/mol. The van der Waals surface area contributed by atoms with Gasteiger partial charge < -0.3 is 18.9 Å². The number of rotatable bonds is 8. The van der Waals surface area contributed by atoms with E-state index in [0.29, 0.717) is 23.8 Å². The van der Waals surface area contributed by atoms with Gasteiger partial charge in [-0.2, -0.15) is 0 Å². The number of hydrogen-bond donors (Lipinski definition) is 1. The molecule has 3 aromatic heterocycles. The van der Waals surface area contributed by atoms with E-state index in [4.69, 9.17) is 13.9 Å². The summed E-state index contributed by atoms with van der Waals surface area (Å²) in [5, 5.41) is 1.25. The number of likely N-dealkylation sites (tertiary alicyclic amines) is 1. The van der Waals surface area contributed by atoms with Crippen LogP contribution in [0.1, 0.15) is 58.3 Å². The van der Waals surface area contributed by atoms with Crippen LogP contribution in [0.15, 0.2) is 59.7 Å². The van der Waals surface area contributed by atoms with E-state index in [2.05, 4.69) is 27.1 Å². The zero-order valence-corrected chi connectivity index (χ0v) is 20.3. The topological polar surface area (TPSA) is 80.6 Å². The van der Waals surface area contributed by atoms with Gasteiger partial charge >= 0.3 is 5.97 Å². The Balaban J connectivity index is 1.28. The summed E-state index contributed by atoms with van der Waals surface area (Å²) in [6.45, 7) is 4.94. The fourth-order valence-corrected chi connectivity index (χ4v) is 5.12. The zero-order chi connectivity index (χ0) is 24.2. The number of methoxy groups -OCH3 is 1. The molecule has 0 saturated carbocycles. The zero-order valence-electron chi connectivity index (χ0n) is 20.3. The van der Waals surface area contributed by atoms with E-state index in [0.717, 1.165) is 50.1 Å². The molecule has 4 aromatic rings. The number of nitrogens with zero attached hydrogens (tertiary/aromatic N) is 2. The number of benzene rings is 1. The van der Waals surface area contributed by atoms with Crippen LogP contribution in [0.3, 0.4) is 0 Å². The van der Waals surface area contributed by atoms with E-state index in [9.17, 15) is 4.79 Å². The first kappa shape index (κ1) is 23.2. The number of furan rings is 1. The lowest BCUT2D eigenvalue weighted by molar-refractivity contribution is 0.0522. The van der Waals surface area contributed by atoms with Gasteiger partial charge in [-0.25, -0.2) is 9.78 Å². The largest absolute Gasteiger partial charge is 0.496 e. The molecule has 7 nitrogen and oxygen atoms in total. The summed E-state index contributed by atoms with van der Waals surface area (Å²) >= 11 is 0. The van der Waals surface area contributed by atoms with Crippen molar-refractivity contribution in [2.24, 2.45) is 0 Å². The minimum Gasteiger partial charge on any atom is -0.496 e. The molecule has 1 fully saturated rings. The Morgan fingerprint density at radius 3 is 2.80 bits per heavy atom. The first-order valence-electron chi connectivity index (χ1n) is 12.2. The van der Waals surface area contributed by atoms with Gasteiger partial charge in [-0.15, -0.1) is 0 Å². The second kappa shape index (κ2) is 10.4. The summed E-state index contributed by atoms with van der Waals surface area (Å²) in [5.41, 5.74) is 6.33. The molecule has 5 rings (SSSR count). The fraction of sp³-hybridized carbons (Fsp3) is 0.357. The van der Waals surface area contributed by atoms with Crippen molar-refractivity contribution < 1.29 is 18.7 Å². The van der Waals surface area contributed by atoms with Gasteiger partial charge in [-0.1, -0.05) is 6.07 Å². The van der Waals surface area contributed by atoms with E-state index in [1.165, 1.54) is 22.1 Å². The molecule has 0 atom stereocenters. The maximum Gasteiger partial charge on any atom is 0.341 e. The molecule has 0 aliphatic carbocycles. The van der Waals surface area contributed by atoms with E-state index in [1.807, 2.05) is 43.6 Å². The van der Waals surface area contributed by atoms with Gasteiger partial charge in [-0.05, 0) is 85.3 Å². The van der Waals surface area contributed by atoms with Crippen molar-refractivity contribution in [2.75, 3.05) is 26.8 Å². The Morgan fingerprint density at radius 2 is 2.06 bits per heavy atom. The predicted molar refractivity (Wildman–Crippen MR) is 134 cm³/mol. The molecule has 0 amide bonds. The molecule has 35 heavy (non-hydrogen) atoms. The van der Waals surface area contributed by atoms with Crippen molar-refractivity contribution in [1.82, 2.24) is 14.9 Å². The number of carbonyl (C=O) groups is 1. The maximum atomic E-state index is 12.3. The number of hydrogen-bond acceptors (Lipinski definition) is 6. The summed E-state index contributed by atoms with van der Waals surface area (Å²) in [4.78, 5) is 22.8. The van der Waals surface area contributed by atoms with Crippen LogP contribution in [-0.2, 0) is 17.7 Å². The van der Waals surface area contributed by atoms with Crippen molar-refractivity contribution in [3.63, 3.8) is 0 Å². The molecule has 0 radical (unpaired) electrons. The van der Waals surface area contributed by atoms with Crippen LogP contribution in [-0.4, -0.2) is 47.6 Å². The molecule has 4 heterocycles. The molecule has 1 aromatic carbocycles. The highest BCUT2D eigenvalue weighted by Crippen LogP contribution is 2.35. The van der Waals surface area contributed by atoms with Crippen LogP contribution in [0.25, 0.3) is 11.0 Å². The number of aromatic amines is 1. The minimum atomic E-state index is -0.343. The number of pyridine rings is 1. The van der Waals surface area contributed by atoms with Crippen molar-refractivity contribution >= 4 is 17.0 Å². The standard InChI is InChI=1S/C28H31N3O4/c1-3-35-28(32)23-15-19(4-5-25(23)33-2)17-31-11-7-21(8-12-31)24-16-30-27-26(24)22(6-10-29-27)14-20-9-13-34-18-20/h4-6,9-10,13,15-16,18,21H,3,7-8,11-12,14,17H2,1-2H3,(H,29,30). The first-order valence-corrected chi connectivity index (χ1v) is 12.2. The van der Waals surface area contributed by atoms with Gasteiger partial charge in [-0.3, -0.25) is 4.90 Å². The highest BCUT2D eigenvalue weighted by atomic mass is 16.5. The fourth-order valence-electron chi connectivity index (χ4n) is 5.12. The smallest absolute Gasteiger partial charge is 0.341 e. The van der Waals surface area contributed by atoms with Crippen molar-refractivity contribution in [2.45, 2.75) is 38.6 Å². The first-order chi connectivity index (χ1) is 17.2. The Bertz CT molecular complexity index is 1290. The Labute approximate surface area is 205 Å². The predicted octanol–water partition coefficient (Wildman–Crippen LogP) is 5.31. The molecule has 0 spiro atoms. The lowest BCUT2D eigenvalue weighted by atomic mass is 9.87. The lowest BCUT2D eigenvalue weighted by Crippen LogP contribution is -2.32. The van der Waals surface area contributed by atoms with Gasteiger partial charge in [0.15, 0.2) is 0 Å². The molecule has 1 aliphatic rings. The van der Waals surface area contributed by atoms with E-state index < -0.39 is 0 Å². The molecule has 1 N–H and O–H groups in total. The number of H-pyrrole nitrogens is 1. The van der Waals surface area contributed by atoms with Gasteiger partial charge in [0, 0.05) is 30.7 Å². The number of piperidine rings is 1. The van der Waals surface area contributed by atoms with Gasteiger partial charge in [0.1, 0.15) is 17.0 Å². The van der Waals surface area contributed by atoms with E-state index in [-0.39, 0.29) is 5.97 Å². The maximum absolute atomic E-state index is 12.3. The SMILES string of the molecule is CCOC(=O)c1cc(CN2CCC(c3c[nH]c4nccc(Cc5ccoc5)c34)CC2)ccc1OC. The molecular weight excluding hydrogens is 442 g/mol. The monoisotopic (exact) mass is 473 g/mol. The molecule has 7 heteroatoms. The highest BCUT2D eigenvalue weighted by Gasteiger charge is 2.25. The van der Waals surface area contributed by atoms with Crippen LogP contribution in [0, 0.1) is 0 Å². The summed E-state index contributed by atoms with van der Waals surface area (Å²) in [7, 11) is 1.57. The second-order valence-corrected chi connectivity index (χ2v) is 9.05. The van der Waals surface area contributed by atoms with Crippen molar-refractivity contribution in [3.8, 4) is 5.75 Å². The highest BCUT2D eigenvalue weighted by molar-refractivity contribution is 5.92. The number of fused-ring (bicyclic) bond motifs is 1. The van der Waals surface area contributed by atoms with Crippen LogP contribution in [0.5, 0.6) is 5.75 Å². The Morgan fingerprint density at radius 1 is 1.20 bits per heavy atom. The summed E-state index contributed by atoms with van der Waals surface area (Å²) < 4.78 is 15.8. The average Bonchev–Trinajstić information content (AvgIpc) is 3.55. The number of aromatic nitrogens is 2. The molecule has 1 aliphatic heterocycles. The van der Waals surface area contributed by atoms with Crippen molar-refractivity contribution in [1.29, 1.82) is 0 Å². The summed E-state index contributed by atoms with van der Waals surface area (Å²) in [6.07, 6.45) is 10.5. The Hall–Kier alpha value is -3.58. The number of nitrogens with one attached hydrogen (secondary N) is 1. The molecule has 0 unspecified atom stereocenters.